The molecular formula is C25H27N3O4. The van der Waals surface area contributed by atoms with Crippen LogP contribution in [0.4, 0.5) is 11.4 Å². The van der Waals surface area contributed by atoms with Crippen LogP contribution in [-0.2, 0) is 9.53 Å². The maximum atomic E-state index is 13.0. The smallest absolute Gasteiger partial charge is 0.259 e. The van der Waals surface area contributed by atoms with Gasteiger partial charge in [0.05, 0.1) is 31.9 Å². The van der Waals surface area contributed by atoms with E-state index in [0.29, 0.717) is 49.1 Å². The number of hydrogen-bond acceptors (Lipinski definition) is 5. The second kappa shape index (κ2) is 10.3. The molecule has 32 heavy (non-hydrogen) atoms. The first kappa shape index (κ1) is 21.8. The van der Waals surface area contributed by atoms with Gasteiger partial charge in [-0.3, -0.25) is 14.5 Å². The van der Waals surface area contributed by atoms with Crippen LogP contribution in [0.3, 0.4) is 0 Å². The zero-order chi connectivity index (χ0) is 22.3. The third kappa shape index (κ3) is 5.43. The largest absolute Gasteiger partial charge is 0.493 e. The van der Waals surface area contributed by atoms with Crippen molar-refractivity contribution in [3.63, 3.8) is 0 Å². The lowest BCUT2D eigenvalue weighted by atomic mass is 10.1. The van der Waals surface area contributed by atoms with Crippen molar-refractivity contribution >= 4 is 34.0 Å². The molecule has 0 spiro atoms. The number of ether oxygens (including phenoxy) is 2. The second-order valence-electron chi connectivity index (χ2n) is 7.60. The van der Waals surface area contributed by atoms with E-state index in [1.165, 1.54) is 0 Å². The highest BCUT2D eigenvalue weighted by molar-refractivity contribution is 6.08. The molecule has 0 bridgehead atoms. The Morgan fingerprint density at radius 1 is 0.938 bits per heavy atom. The molecule has 0 unspecified atom stereocenters. The SMILES string of the molecule is CCOc1cc2ccccc2cc1C(=O)Nc1ccc(NC(=O)CN2CCOCC2)cc1. The molecule has 0 atom stereocenters. The number of morpholine rings is 1. The van der Waals surface area contributed by atoms with E-state index in [1.807, 2.05) is 43.3 Å². The van der Waals surface area contributed by atoms with Gasteiger partial charge < -0.3 is 20.1 Å². The first-order valence-corrected chi connectivity index (χ1v) is 10.8. The minimum Gasteiger partial charge on any atom is -0.493 e. The standard InChI is InChI=1S/C25H27N3O4/c1-2-32-23-16-19-6-4-3-5-18(19)15-22(23)25(30)27-21-9-7-20(8-10-21)26-24(29)17-28-11-13-31-14-12-28/h3-10,15-16H,2,11-14,17H2,1H3,(H,26,29)(H,27,30). The Morgan fingerprint density at radius 3 is 2.22 bits per heavy atom. The van der Waals surface area contributed by atoms with Crippen LogP contribution < -0.4 is 15.4 Å². The highest BCUT2D eigenvalue weighted by atomic mass is 16.5. The van der Waals surface area contributed by atoms with Gasteiger partial charge in [0.15, 0.2) is 0 Å². The van der Waals surface area contributed by atoms with Crippen molar-refractivity contribution in [1.82, 2.24) is 4.90 Å². The Bertz CT molecular complexity index is 1090. The van der Waals surface area contributed by atoms with Crippen molar-refractivity contribution in [2.75, 3.05) is 50.1 Å². The number of nitrogens with zero attached hydrogens (tertiary/aromatic N) is 1. The van der Waals surface area contributed by atoms with Gasteiger partial charge >= 0.3 is 0 Å². The number of nitrogens with one attached hydrogen (secondary N) is 2. The van der Waals surface area contributed by atoms with E-state index in [9.17, 15) is 9.59 Å². The molecule has 3 aromatic carbocycles. The van der Waals surface area contributed by atoms with Crippen LogP contribution in [-0.4, -0.2) is 56.2 Å². The fourth-order valence-corrected chi connectivity index (χ4v) is 3.67. The minimum absolute atomic E-state index is 0.0683. The maximum absolute atomic E-state index is 13.0. The Kier molecular flexibility index (Phi) is 6.99. The summed E-state index contributed by atoms with van der Waals surface area (Å²) in [5, 5.41) is 7.80. The average molecular weight is 434 g/mol. The summed E-state index contributed by atoms with van der Waals surface area (Å²) in [6.07, 6.45) is 0. The molecule has 1 fully saturated rings. The normalized spacial score (nSPS) is 14.2. The van der Waals surface area contributed by atoms with Gasteiger partial charge in [-0.1, -0.05) is 24.3 Å². The van der Waals surface area contributed by atoms with E-state index >= 15 is 0 Å². The maximum Gasteiger partial charge on any atom is 0.259 e. The van der Waals surface area contributed by atoms with Crippen LogP contribution in [0.1, 0.15) is 17.3 Å². The van der Waals surface area contributed by atoms with E-state index < -0.39 is 0 Å². The summed E-state index contributed by atoms with van der Waals surface area (Å²) >= 11 is 0. The molecule has 0 radical (unpaired) electrons. The molecule has 3 aromatic rings. The number of benzene rings is 3. The predicted molar refractivity (Wildman–Crippen MR) is 125 cm³/mol. The molecule has 7 heteroatoms. The fraction of sp³-hybridized carbons (Fsp3) is 0.280. The Labute approximate surface area is 187 Å². The van der Waals surface area contributed by atoms with Crippen molar-refractivity contribution < 1.29 is 19.1 Å². The molecule has 0 aromatic heterocycles. The molecule has 1 aliphatic rings. The molecular weight excluding hydrogens is 406 g/mol. The van der Waals surface area contributed by atoms with E-state index in [-0.39, 0.29) is 11.8 Å². The van der Waals surface area contributed by atoms with Crippen molar-refractivity contribution in [2.24, 2.45) is 0 Å². The lowest BCUT2D eigenvalue weighted by Gasteiger charge is -2.25. The zero-order valence-electron chi connectivity index (χ0n) is 18.1. The number of carbonyl (C=O) groups excluding carboxylic acids is 2. The van der Waals surface area contributed by atoms with Crippen molar-refractivity contribution in [3.8, 4) is 5.75 Å². The quantitative estimate of drug-likeness (QED) is 0.593. The average Bonchev–Trinajstić information content (AvgIpc) is 2.80. The molecule has 1 heterocycles. The van der Waals surface area contributed by atoms with Crippen LogP contribution in [0.15, 0.2) is 60.7 Å². The number of hydrogen-bond donors (Lipinski definition) is 2. The predicted octanol–water partition coefficient (Wildman–Crippen LogP) is 3.76. The summed E-state index contributed by atoms with van der Waals surface area (Å²) in [5.41, 5.74) is 1.80. The van der Waals surface area contributed by atoms with Gasteiger partial charge in [-0.25, -0.2) is 0 Å². The van der Waals surface area contributed by atoms with Crippen LogP contribution in [0.2, 0.25) is 0 Å². The molecule has 2 amide bonds. The second-order valence-corrected chi connectivity index (χ2v) is 7.60. The van der Waals surface area contributed by atoms with Crippen LogP contribution in [0.25, 0.3) is 10.8 Å². The summed E-state index contributed by atoms with van der Waals surface area (Å²) in [7, 11) is 0. The lowest BCUT2D eigenvalue weighted by molar-refractivity contribution is -0.118. The van der Waals surface area contributed by atoms with Gasteiger partial charge in [0.1, 0.15) is 5.75 Å². The van der Waals surface area contributed by atoms with Crippen molar-refractivity contribution in [1.29, 1.82) is 0 Å². The summed E-state index contributed by atoms with van der Waals surface area (Å²) < 4.78 is 11.0. The number of rotatable bonds is 7. The van der Waals surface area contributed by atoms with Gasteiger partial charge in [0, 0.05) is 24.5 Å². The van der Waals surface area contributed by atoms with Crippen LogP contribution in [0.5, 0.6) is 5.75 Å². The summed E-state index contributed by atoms with van der Waals surface area (Å²) in [4.78, 5) is 27.3. The number of anilines is 2. The Hall–Kier alpha value is -3.42. The minimum atomic E-state index is -0.247. The third-order valence-electron chi connectivity index (χ3n) is 5.29. The first-order valence-electron chi connectivity index (χ1n) is 10.8. The highest BCUT2D eigenvalue weighted by Crippen LogP contribution is 2.27. The zero-order valence-corrected chi connectivity index (χ0v) is 18.1. The summed E-state index contributed by atoms with van der Waals surface area (Å²) in [6, 6.07) is 18.7. The van der Waals surface area contributed by atoms with E-state index in [0.717, 1.165) is 23.9 Å². The van der Waals surface area contributed by atoms with E-state index in [1.54, 1.807) is 24.3 Å². The van der Waals surface area contributed by atoms with E-state index in [4.69, 9.17) is 9.47 Å². The summed E-state index contributed by atoms with van der Waals surface area (Å²) in [6.45, 7) is 5.53. The van der Waals surface area contributed by atoms with Crippen LogP contribution >= 0.6 is 0 Å². The third-order valence-corrected chi connectivity index (χ3v) is 5.29. The number of carbonyl (C=O) groups is 2. The van der Waals surface area contributed by atoms with Gasteiger partial charge in [-0.15, -0.1) is 0 Å². The Morgan fingerprint density at radius 2 is 1.56 bits per heavy atom. The lowest BCUT2D eigenvalue weighted by Crippen LogP contribution is -2.41. The number of amides is 2. The summed E-state index contributed by atoms with van der Waals surface area (Å²) in [5.74, 6) is 0.236. The molecule has 1 saturated heterocycles. The van der Waals surface area contributed by atoms with Crippen molar-refractivity contribution in [2.45, 2.75) is 6.92 Å². The molecule has 1 aliphatic heterocycles. The fourth-order valence-electron chi connectivity index (χ4n) is 3.67. The molecule has 2 N–H and O–H groups in total. The van der Waals surface area contributed by atoms with Gasteiger partial charge in [-0.05, 0) is 54.1 Å². The van der Waals surface area contributed by atoms with Gasteiger partial charge in [0.25, 0.3) is 5.91 Å². The number of fused-ring (bicyclic) bond motifs is 1. The van der Waals surface area contributed by atoms with E-state index in [2.05, 4.69) is 15.5 Å². The first-order chi connectivity index (χ1) is 15.6. The Balaban J connectivity index is 1.41. The van der Waals surface area contributed by atoms with Gasteiger partial charge in [-0.2, -0.15) is 0 Å². The van der Waals surface area contributed by atoms with Crippen LogP contribution in [0, 0.1) is 0 Å². The van der Waals surface area contributed by atoms with Gasteiger partial charge in [0.2, 0.25) is 5.91 Å². The molecule has 7 nitrogen and oxygen atoms in total. The monoisotopic (exact) mass is 433 g/mol. The topological polar surface area (TPSA) is 79.9 Å². The molecule has 0 aliphatic carbocycles. The highest BCUT2D eigenvalue weighted by Gasteiger charge is 2.16. The molecule has 0 saturated carbocycles. The molecule has 4 rings (SSSR count). The molecule has 166 valence electrons. The van der Waals surface area contributed by atoms with Crippen molar-refractivity contribution in [3.05, 3.63) is 66.2 Å².